The number of piperazine rings is 1. The molecule has 1 saturated heterocycles. The van der Waals surface area contributed by atoms with Gasteiger partial charge >= 0.3 is 5.76 Å². The number of hydrogen-bond acceptors (Lipinski definition) is 6. The van der Waals surface area contributed by atoms with E-state index in [1.54, 1.807) is 28.4 Å². The summed E-state index contributed by atoms with van der Waals surface area (Å²) in [6, 6.07) is 13.1. The Hall–Kier alpha value is -2.42. The molecule has 1 fully saturated rings. The van der Waals surface area contributed by atoms with Gasteiger partial charge in [0, 0.05) is 43.2 Å². The van der Waals surface area contributed by atoms with Crippen LogP contribution < -0.4 is 5.76 Å². The van der Waals surface area contributed by atoms with E-state index >= 15 is 0 Å². The van der Waals surface area contributed by atoms with Gasteiger partial charge in [-0.3, -0.25) is 9.69 Å². The topological polar surface area (TPSA) is 71.6 Å². The van der Waals surface area contributed by atoms with Gasteiger partial charge in [-0.05, 0) is 24.3 Å². The molecule has 1 aromatic carbocycles. The van der Waals surface area contributed by atoms with Gasteiger partial charge in [-0.1, -0.05) is 29.8 Å². The van der Waals surface area contributed by atoms with Crippen LogP contribution in [0.3, 0.4) is 0 Å². The Morgan fingerprint density at radius 2 is 1.86 bits per heavy atom. The van der Waals surface area contributed by atoms with Crippen LogP contribution in [-0.2, 0) is 17.9 Å². The summed E-state index contributed by atoms with van der Waals surface area (Å²) in [6.45, 7) is 3.53. The van der Waals surface area contributed by atoms with Gasteiger partial charge in [-0.15, -0.1) is 16.4 Å². The summed E-state index contributed by atoms with van der Waals surface area (Å²) in [5.41, 5.74) is 0.702. The highest BCUT2D eigenvalue weighted by molar-refractivity contribution is 7.16. The Balaban J connectivity index is 1.34. The highest BCUT2D eigenvalue weighted by Gasteiger charge is 2.23. The Morgan fingerprint density at radius 1 is 1.11 bits per heavy atom. The predicted molar refractivity (Wildman–Crippen MR) is 107 cm³/mol. The largest absolute Gasteiger partial charge is 0.437 e. The molecule has 1 amide bonds. The van der Waals surface area contributed by atoms with E-state index in [4.69, 9.17) is 16.0 Å². The minimum Gasteiger partial charge on any atom is -0.388 e. The molecule has 0 unspecified atom stereocenters. The normalized spacial score (nSPS) is 15.1. The van der Waals surface area contributed by atoms with Crippen LogP contribution in [0.2, 0.25) is 4.34 Å². The Labute approximate surface area is 170 Å². The maximum Gasteiger partial charge on any atom is 0.437 e. The first kappa shape index (κ1) is 18.9. The third-order valence-electron chi connectivity index (χ3n) is 4.65. The third-order valence-corrected chi connectivity index (χ3v) is 5.86. The second-order valence-electron chi connectivity index (χ2n) is 6.56. The van der Waals surface area contributed by atoms with E-state index < -0.39 is 5.76 Å². The van der Waals surface area contributed by atoms with Crippen molar-refractivity contribution >= 4 is 28.8 Å². The number of carbonyl (C=O) groups excluding carboxylic acids is 1. The van der Waals surface area contributed by atoms with Crippen molar-refractivity contribution in [3.05, 3.63) is 62.2 Å². The van der Waals surface area contributed by atoms with E-state index in [0.29, 0.717) is 18.7 Å². The Kier molecular flexibility index (Phi) is 5.61. The summed E-state index contributed by atoms with van der Waals surface area (Å²) in [4.78, 5) is 29.9. The average Bonchev–Trinajstić information content (AvgIpc) is 3.28. The minimum atomic E-state index is -0.625. The number of amides is 1. The fourth-order valence-electron chi connectivity index (χ4n) is 3.14. The number of thiophene rings is 1. The molecule has 0 N–H and O–H groups in total. The first-order chi connectivity index (χ1) is 13.6. The number of rotatable bonds is 5. The molecule has 146 valence electrons. The molecule has 0 radical (unpaired) electrons. The highest BCUT2D eigenvalue weighted by Crippen LogP contribution is 2.23. The molecule has 1 aliphatic heterocycles. The van der Waals surface area contributed by atoms with Crippen molar-refractivity contribution in [2.45, 2.75) is 13.1 Å². The van der Waals surface area contributed by atoms with Gasteiger partial charge in [0.05, 0.1) is 4.34 Å². The molecular weight excluding hydrogens is 400 g/mol. The van der Waals surface area contributed by atoms with Crippen molar-refractivity contribution in [3.8, 4) is 11.5 Å². The van der Waals surface area contributed by atoms with E-state index in [1.165, 1.54) is 4.88 Å². The summed E-state index contributed by atoms with van der Waals surface area (Å²) in [5, 5.41) is 4.16. The number of hydrogen-bond donors (Lipinski definition) is 0. The maximum absolute atomic E-state index is 12.6. The molecule has 3 heterocycles. The first-order valence-corrected chi connectivity index (χ1v) is 10.2. The second-order valence-corrected chi connectivity index (χ2v) is 8.36. The minimum absolute atomic E-state index is 0.115. The number of nitrogens with zero attached hydrogens (tertiary/aromatic N) is 4. The molecule has 4 rings (SSSR count). The van der Waals surface area contributed by atoms with Crippen LogP contribution in [0.15, 0.2) is 51.7 Å². The lowest BCUT2D eigenvalue weighted by molar-refractivity contribution is -0.133. The van der Waals surface area contributed by atoms with E-state index in [1.807, 2.05) is 30.3 Å². The highest BCUT2D eigenvalue weighted by atomic mass is 35.5. The molecule has 28 heavy (non-hydrogen) atoms. The molecule has 0 atom stereocenters. The molecule has 3 aromatic rings. The van der Waals surface area contributed by atoms with Crippen LogP contribution in [0.1, 0.15) is 4.88 Å². The quantitative estimate of drug-likeness (QED) is 0.636. The molecule has 0 spiro atoms. The molecule has 7 nitrogen and oxygen atoms in total. The first-order valence-electron chi connectivity index (χ1n) is 8.96. The van der Waals surface area contributed by atoms with Crippen LogP contribution in [0.4, 0.5) is 0 Å². The molecule has 9 heteroatoms. The van der Waals surface area contributed by atoms with Gasteiger partial charge in [0.1, 0.15) is 6.54 Å². The average molecular weight is 419 g/mol. The van der Waals surface area contributed by atoms with Crippen molar-refractivity contribution in [2.75, 3.05) is 26.2 Å². The van der Waals surface area contributed by atoms with E-state index in [0.717, 1.165) is 28.7 Å². The molecule has 0 bridgehead atoms. The van der Waals surface area contributed by atoms with E-state index in [2.05, 4.69) is 10.00 Å². The standard InChI is InChI=1S/C19H19ClN4O3S/c20-16-7-6-15(28-16)12-22-8-10-23(11-9-22)17(25)13-24-19(26)27-18(21-24)14-4-2-1-3-5-14/h1-7H,8-13H2. The summed E-state index contributed by atoms with van der Waals surface area (Å²) in [5.74, 6) is -0.535. The molecular formula is C19H19ClN4O3S. The van der Waals surface area contributed by atoms with Gasteiger partial charge in [0.2, 0.25) is 11.8 Å². The number of aromatic nitrogens is 2. The van der Waals surface area contributed by atoms with Crippen molar-refractivity contribution < 1.29 is 9.21 Å². The summed E-state index contributed by atoms with van der Waals surface area (Å²) in [6.07, 6.45) is 0. The van der Waals surface area contributed by atoms with Gasteiger partial charge in [-0.25, -0.2) is 4.79 Å². The number of carbonyl (C=O) groups is 1. The van der Waals surface area contributed by atoms with E-state index in [-0.39, 0.29) is 18.3 Å². The SMILES string of the molecule is O=C(Cn1nc(-c2ccccc2)oc1=O)N1CCN(Cc2ccc(Cl)s2)CC1. The summed E-state index contributed by atoms with van der Waals surface area (Å²) < 4.78 is 7.06. The summed E-state index contributed by atoms with van der Waals surface area (Å²) in [7, 11) is 0. The van der Waals surface area contributed by atoms with Crippen molar-refractivity contribution in [2.24, 2.45) is 0 Å². The van der Waals surface area contributed by atoms with Crippen LogP contribution in [0.5, 0.6) is 0 Å². The molecule has 0 aliphatic carbocycles. The van der Waals surface area contributed by atoms with Crippen LogP contribution >= 0.6 is 22.9 Å². The molecule has 2 aromatic heterocycles. The smallest absolute Gasteiger partial charge is 0.388 e. The van der Waals surface area contributed by atoms with Crippen LogP contribution in [0.25, 0.3) is 11.5 Å². The maximum atomic E-state index is 12.6. The van der Waals surface area contributed by atoms with Gasteiger partial charge < -0.3 is 9.32 Å². The monoisotopic (exact) mass is 418 g/mol. The van der Waals surface area contributed by atoms with Crippen molar-refractivity contribution in [3.63, 3.8) is 0 Å². The lowest BCUT2D eigenvalue weighted by atomic mass is 10.2. The predicted octanol–water partition coefficient (Wildman–Crippen LogP) is 2.56. The van der Waals surface area contributed by atoms with Gasteiger partial charge in [-0.2, -0.15) is 4.68 Å². The van der Waals surface area contributed by atoms with Crippen LogP contribution in [-0.4, -0.2) is 51.7 Å². The Bertz CT molecular complexity index is 1010. The summed E-state index contributed by atoms with van der Waals surface area (Å²) >= 11 is 7.56. The van der Waals surface area contributed by atoms with Gasteiger partial charge in [0.15, 0.2) is 0 Å². The Morgan fingerprint density at radius 3 is 2.54 bits per heavy atom. The number of halogens is 1. The lowest BCUT2D eigenvalue weighted by Gasteiger charge is -2.34. The van der Waals surface area contributed by atoms with E-state index in [9.17, 15) is 9.59 Å². The lowest BCUT2D eigenvalue weighted by Crippen LogP contribution is -2.49. The molecule has 0 saturated carbocycles. The second kappa shape index (κ2) is 8.30. The molecule has 1 aliphatic rings. The zero-order valence-corrected chi connectivity index (χ0v) is 16.7. The third kappa shape index (κ3) is 4.35. The van der Waals surface area contributed by atoms with Crippen molar-refractivity contribution in [1.29, 1.82) is 0 Å². The zero-order chi connectivity index (χ0) is 19.5. The van der Waals surface area contributed by atoms with Crippen molar-refractivity contribution in [1.82, 2.24) is 19.6 Å². The zero-order valence-electron chi connectivity index (χ0n) is 15.1. The van der Waals surface area contributed by atoms with Gasteiger partial charge in [0.25, 0.3) is 0 Å². The number of benzene rings is 1. The fraction of sp³-hybridized carbons (Fsp3) is 0.316. The fourth-order valence-corrected chi connectivity index (χ4v) is 4.27. The van der Waals surface area contributed by atoms with Crippen LogP contribution in [0, 0.1) is 0 Å².